The first-order valence-corrected chi connectivity index (χ1v) is 7.88. The third-order valence-electron chi connectivity index (χ3n) is 4.88. The van der Waals surface area contributed by atoms with E-state index < -0.39 is 17.8 Å². The molecule has 1 unspecified atom stereocenters. The number of nitrogens with zero attached hydrogens (tertiary/aromatic N) is 1. The summed E-state index contributed by atoms with van der Waals surface area (Å²) in [5.74, 6) is -1.40. The highest BCUT2D eigenvalue weighted by Crippen LogP contribution is 2.43. The van der Waals surface area contributed by atoms with Gasteiger partial charge in [-0.15, -0.1) is 0 Å². The summed E-state index contributed by atoms with van der Waals surface area (Å²) >= 11 is 6.07. The van der Waals surface area contributed by atoms with Crippen molar-refractivity contribution in [3.8, 4) is 0 Å². The van der Waals surface area contributed by atoms with E-state index in [0.717, 1.165) is 39.0 Å². The van der Waals surface area contributed by atoms with Crippen LogP contribution in [0.5, 0.6) is 0 Å². The highest BCUT2D eigenvalue weighted by Gasteiger charge is 2.43. The smallest absolute Gasteiger partial charge is 0.325 e. The molecule has 0 aliphatic carbocycles. The van der Waals surface area contributed by atoms with Crippen molar-refractivity contribution in [1.82, 2.24) is 4.90 Å². The van der Waals surface area contributed by atoms with E-state index in [0.29, 0.717) is 12.1 Å². The van der Waals surface area contributed by atoms with E-state index in [2.05, 4.69) is 0 Å². The molecule has 2 saturated heterocycles. The number of hydrogen-bond acceptors (Lipinski definition) is 3. The molecule has 0 bridgehead atoms. The van der Waals surface area contributed by atoms with E-state index in [-0.39, 0.29) is 10.4 Å². The zero-order chi connectivity index (χ0) is 15.7. The second-order valence-electron chi connectivity index (χ2n) is 6.24. The molecular formula is C16H19ClFNO3. The molecular weight excluding hydrogens is 309 g/mol. The van der Waals surface area contributed by atoms with Gasteiger partial charge in [-0.2, -0.15) is 0 Å². The molecule has 120 valence electrons. The molecule has 1 aromatic rings. The molecule has 2 fully saturated rings. The van der Waals surface area contributed by atoms with Crippen molar-refractivity contribution >= 4 is 17.6 Å². The zero-order valence-corrected chi connectivity index (χ0v) is 13.0. The van der Waals surface area contributed by atoms with Crippen LogP contribution < -0.4 is 0 Å². The Morgan fingerprint density at radius 1 is 1.36 bits per heavy atom. The molecule has 6 heteroatoms. The summed E-state index contributed by atoms with van der Waals surface area (Å²) in [6, 6.07) is 3.09. The summed E-state index contributed by atoms with van der Waals surface area (Å²) in [4.78, 5) is 13.7. The van der Waals surface area contributed by atoms with Crippen LogP contribution in [0.3, 0.4) is 0 Å². The number of ether oxygens (including phenoxy) is 1. The molecule has 0 amide bonds. The van der Waals surface area contributed by atoms with Gasteiger partial charge in [-0.3, -0.25) is 9.69 Å². The van der Waals surface area contributed by atoms with Crippen LogP contribution in [0.2, 0.25) is 5.02 Å². The minimum absolute atomic E-state index is 0.151. The number of likely N-dealkylation sites (tertiary alicyclic amines) is 1. The van der Waals surface area contributed by atoms with Crippen molar-refractivity contribution in [2.24, 2.45) is 5.41 Å². The Labute approximate surface area is 133 Å². The van der Waals surface area contributed by atoms with Gasteiger partial charge in [0.05, 0.1) is 0 Å². The highest BCUT2D eigenvalue weighted by molar-refractivity contribution is 6.31. The number of carbonyl (C=O) groups is 1. The maximum absolute atomic E-state index is 13.2. The van der Waals surface area contributed by atoms with E-state index in [1.54, 1.807) is 0 Å². The maximum atomic E-state index is 13.2. The van der Waals surface area contributed by atoms with Gasteiger partial charge in [-0.25, -0.2) is 4.39 Å². The van der Waals surface area contributed by atoms with Crippen LogP contribution in [0.1, 0.15) is 30.9 Å². The first kappa shape index (κ1) is 15.7. The van der Waals surface area contributed by atoms with Crippen LogP contribution in [-0.2, 0) is 9.53 Å². The molecule has 22 heavy (non-hydrogen) atoms. The third kappa shape index (κ3) is 2.98. The molecule has 1 spiro atoms. The highest BCUT2D eigenvalue weighted by atomic mass is 35.5. The fourth-order valence-corrected chi connectivity index (χ4v) is 3.88. The van der Waals surface area contributed by atoms with Crippen molar-refractivity contribution < 1.29 is 19.0 Å². The Kier molecular flexibility index (Phi) is 4.39. The lowest BCUT2D eigenvalue weighted by Gasteiger charge is -2.34. The maximum Gasteiger partial charge on any atom is 0.325 e. The topological polar surface area (TPSA) is 49.8 Å². The van der Waals surface area contributed by atoms with Gasteiger partial charge in [0.25, 0.3) is 0 Å². The van der Waals surface area contributed by atoms with Crippen LogP contribution in [0.4, 0.5) is 4.39 Å². The summed E-state index contributed by atoms with van der Waals surface area (Å²) in [6.07, 6.45) is 2.90. The predicted octanol–water partition coefficient (Wildman–Crippen LogP) is 3.11. The quantitative estimate of drug-likeness (QED) is 0.926. The van der Waals surface area contributed by atoms with Crippen molar-refractivity contribution in [2.75, 3.05) is 26.3 Å². The Morgan fingerprint density at radius 3 is 2.73 bits per heavy atom. The standard InChI is InChI=1S/C16H19ClFNO3/c17-13-9-11(18)1-2-12(13)14(15(20)21)19-6-3-16(10-19)4-7-22-8-5-16/h1-2,9,14H,3-8,10H2,(H,20,21). The molecule has 2 aliphatic rings. The molecule has 4 nitrogen and oxygen atoms in total. The molecule has 0 aromatic heterocycles. The van der Waals surface area contributed by atoms with Gasteiger partial charge in [0.2, 0.25) is 0 Å². The molecule has 0 saturated carbocycles. The lowest BCUT2D eigenvalue weighted by Crippen LogP contribution is -2.37. The normalized spacial score (nSPS) is 22.8. The number of aliphatic carboxylic acids is 1. The zero-order valence-electron chi connectivity index (χ0n) is 12.2. The molecule has 2 aliphatic heterocycles. The first-order chi connectivity index (χ1) is 10.5. The molecule has 0 radical (unpaired) electrons. The Bertz CT molecular complexity index is 575. The van der Waals surface area contributed by atoms with Crippen LogP contribution in [-0.4, -0.2) is 42.3 Å². The van der Waals surface area contributed by atoms with Crippen molar-refractivity contribution in [3.63, 3.8) is 0 Å². The summed E-state index contributed by atoms with van der Waals surface area (Å²) in [6.45, 7) is 2.91. The molecule has 3 rings (SSSR count). The van der Waals surface area contributed by atoms with Crippen LogP contribution in [0.25, 0.3) is 0 Å². The number of halogens is 2. The first-order valence-electron chi connectivity index (χ1n) is 7.50. The van der Waals surface area contributed by atoms with Gasteiger partial charge in [0, 0.05) is 24.8 Å². The number of carboxylic acid groups (broad SMARTS) is 1. The SMILES string of the molecule is O=C(O)C(c1ccc(F)cc1Cl)N1CCC2(CCOCC2)C1. The second kappa shape index (κ2) is 6.14. The number of hydrogen-bond donors (Lipinski definition) is 1. The van der Waals surface area contributed by atoms with Crippen LogP contribution in [0.15, 0.2) is 18.2 Å². The molecule has 1 N–H and O–H groups in total. The average molecular weight is 328 g/mol. The third-order valence-corrected chi connectivity index (χ3v) is 5.20. The molecule has 1 atom stereocenters. The minimum Gasteiger partial charge on any atom is -0.480 e. The van der Waals surface area contributed by atoms with Crippen molar-refractivity contribution in [1.29, 1.82) is 0 Å². The van der Waals surface area contributed by atoms with E-state index in [9.17, 15) is 14.3 Å². The number of benzene rings is 1. The molecule has 2 heterocycles. The minimum atomic E-state index is -0.947. The van der Waals surface area contributed by atoms with Gasteiger partial charge in [0.1, 0.15) is 11.9 Å². The van der Waals surface area contributed by atoms with Gasteiger partial charge < -0.3 is 9.84 Å². The molecule has 1 aromatic carbocycles. The Morgan fingerprint density at radius 2 is 2.09 bits per heavy atom. The second-order valence-corrected chi connectivity index (χ2v) is 6.65. The summed E-state index contributed by atoms with van der Waals surface area (Å²) in [5.41, 5.74) is 0.609. The van der Waals surface area contributed by atoms with Gasteiger partial charge in [0.15, 0.2) is 0 Å². The summed E-state index contributed by atoms with van der Waals surface area (Å²) in [7, 11) is 0. The number of rotatable bonds is 3. The van der Waals surface area contributed by atoms with Crippen LogP contribution in [0, 0.1) is 11.2 Å². The average Bonchev–Trinajstić information content (AvgIpc) is 2.85. The van der Waals surface area contributed by atoms with E-state index in [1.807, 2.05) is 4.90 Å². The lowest BCUT2D eigenvalue weighted by atomic mass is 9.79. The van der Waals surface area contributed by atoms with Crippen molar-refractivity contribution in [3.05, 3.63) is 34.6 Å². The largest absolute Gasteiger partial charge is 0.480 e. The Balaban J connectivity index is 1.84. The van der Waals surface area contributed by atoms with E-state index in [4.69, 9.17) is 16.3 Å². The van der Waals surface area contributed by atoms with Gasteiger partial charge in [-0.05, 0) is 48.9 Å². The fraction of sp³-hybridized carbons (Fsp3) is 0.562. The summed E-state index contributed by atoms with van der Waals surface area (Å²) < 4.78 is 18.6. The van der Waals surface area contributed by atoms with Crippen molar-refractivity contribution in [2.45, 2.75) is 25.3 Å². The van der Waals surface area contributed by atoms with Gasteiger partial charge in [-0.1, -0.05) is 17.7 Å². The lowest BCUT2D eigenvalue weighted by molar-refractivity contribution is -0.143. The summed E-state index contributed by atoms with van der Waals surface area (Å²) in [5, 5.41) is 9.82. The van der Waals surface area contributed by atoms with E-state index >= 15 is 0 Å². The van der Waals surface area contributed by atoms with Gasteiger partial charge >= 0.3 is 5.97 Å². The Hall–Kier alpha value is -1.17. The van der Waals surface area contributed by atoms with E-state index in [1.165, 1.54) is 18.2 Å². The number of carboxylic acids is 1. The predicted molar refractivity (Wildman–Crippen MR) is 80.5 cm³/mol. The van der Waals surface area contributed by atoms with Crippen LogP contribution >= 0.6 is 11.6 Å². The fourth-order valence-electron chi connectivity index (χ4n) is 3.61. The monoisotopic (exact) mass is 327 g/mol.